The number of halogens is 1. The van der Waals surface area contributed by atoms with Crippen LogP contribution < -0.4 is 5.32 Å². The number of amides is 1. The highest BCUT2D eigenvalue weighted by Gasteiger charge is 2.30. The molecule has 0 aliphatic carbocycles. The second-order valence-corrected chi connectivity index (χ2v) is 6.68. The number of carbonyl (C=O) groups is 1. The van der Waals surface area contributed by atoms with E-state index in [0.29, 0.717) is 18.0 Å². The quantitative estimate of drug-likeness (QED) is 0.808. The van der Waals surface area contributed by atoms with Gasteiger partial charge in [0.2, 0.25) is 5.91 Å². The Morgan fingerprint density at radius 2 is 1.83 bits per heavy atom. The van der Waals surface area contributed by atoms with Crippen LogP contribution in [0.15, 0.2) is 30.3 Å². The molecule has 1 N–H and O–H groups in total. The fraction of sp³-hybridized carbons (Fsp3) is 0.474. The minimum absolute atomic E-state index is 0.0428. The van der Waals surface area contributed by atoms with Crippen LogP contribution in [0.5, 0.6) is 0 Å². The van der Waals surface area contributed by atoms with Crippen molar-refractivity contribution < 1.29 is 4.79 Å². The standard InChI is InChI=1S/C19H26ClN3O/c1-5-19(6-2,16-7-9-17(20)10-8-16)21-18(24)11-12-23-15(4)13-14(3)22-23/h7-10,13H,5-6,11-12H2,1-4H3,(H,21,24). The van der Waals surface area contributed by atoms with Crippen LogP contribution in [-0.4, -0.2) is 15.7 Å². The molecule has 0 unspecified atom stereocenters. The molecule has 2 rings (SSSR count). The normalized spacial score (nSPS) is 11.5. The second kappa shape index (κ2) is 7.84. The van der Waals surface area contributed by atoms with Crippen molar-refractivity contribution in [1.82, 2.24) is 15.1 Å². The third-order valence-electron chi connectivity index (χ3n) is 4.64. The maximum absolute atomic E-state index is 12.5. The van der Waals surface area contributed by atoms with E-state index in [1.54, 1.807) is 0 Å². The van der Waals surface area contributed by atoms with Crippen LogP contribution in [0, 0.1) is 13.8 Å². The Hall–Kier alpha value is -1.81. The third kappa shape index (κ3) is 4.18. The molecule has 0 atom stereocenters. The predicted molar refractivity (Wildman–Crippen MR) is 98.2 cm³/mol. The van der Waals surface area contributed by atoms with Gasteiger partial charge in [-0.05, 0) is 50.5 Å². The molecule has 0 saturated carbocycles. The average molecular weight is 348 g/mol. The first-order valence-corrected chi connectivity index (χ1v) is 8.86. The van der Waals surface area contributed by atoms with Gasteiger partial charge in [-0.25, -0.2) is 0 Å². The summed E-state index contributed by atoms with van der Waals surface area (Å²) in [5.41, 5.74) is 2.80. The number of hydrogen-bond acceptors (Lipinski definition) is 2. The van der Waals surface area contributed by atoms with Crippen LogP contribution in [0.25, 0.3) is 0 Å². The van der Waals surface area contributed by atoms with E-state index in [4.69, 9.17) is 11.6 Å². The van der Waals surface area contributed by atoms with Crippen LogP contribution in [0.1, 0.15) is 50.1 Å². The number of hydrogen-bond donors (Lipinski definition) is 1. The zero-order chi connectivity index (χ0) is 17.7. The van der Waals surface area contributed by atoms with E-state index >= 15 is 0 Å². The van der Waals surface area contributed by atoms with E-state index in [1.165, 1.54) is 0 Å². The number of carbonyl (C=O) groups excluding carboxylic acids is 1. The van der Waals surface area contributed by atoms with Crippen LogP contribution in [-0.2, 0) is 16.9 Å². The maximum atomic E-state index is 12.5. The Morgan fingerprint density at radius 1 is 1.21 bits per heavy atom. The number of aromatic nitrogens is 2. The van der Waals surface area contributed by atoms with E-state index in [0.717, 1.165) is 29.8 Å². The highest BCUT2D eigenvalue weighted by atomic mass is 35.5. The molecule has 5 heteroatoms. The Balaban J connectivity index is 2.08. The van der Waals surface area contributed by atoms with Gasteiger partial charge in [-0.2, -0.15) is 5.10 Å². The summed E-state index contributed by atoms with van der Waals surface area (Å²) in [5.74, 6) is 0.0428. The second-order valence-electron chi connectivity index (χ2n) is 6.24. The van der Waals surface area contributed by atoms with Crippen LogP contribution in [0.4, 0.5) is 0 Å². The van der Waals surface area contributed by atoms with Crippen LogP contribution in [0.3, 0.4) is 0 Å². The molecule has 0 saturated heterocycles. The largest absolute Gasteiger partial charge is 0.347 e. The summed E-state index contributed by atoms with van der Waals surface area (Å²) in [7, 11) is 0. The molecule has 2 aromatic rings. The summed E-state index contributed by atoms with van der Waals surface area (Å²) in [4.78, 5) is 12.5. The summed E-state index contributed by atoms with van der Waals surface area (Å²) in [6, 6.07) is 9.76. The van der Waals surface area contributed by atoms with Crippen molar-refractivity contribution >= 4 is 17.5 Å². The number of benzene rings is 1. The minimum atomic E-state index is -0.350. The van der Waals surface area contributed by atoms with Crippen molar-refractivity contribution in [1.29, 1.82) is 0 Å². The van der Waals surface area contributed by atoms with Crippen molar-refractivity contribution in [3.63, 3.8) is 0 Å². The smallest absolute Gasteiger partial charge is 0.222 e. The number of rotatable bonds is 7. The fourth-order valence-corrected chi connectivity index (χ4v) is 3.24. The Kier molecular flexibility index (Phi) is 6.05. The van der Waals surface area contributed by atoms with Gasteiger partial charge in [-0.15, -0.1) is 0 Å². The lowest BCUT2D eigenvalue weighted by Crippen LogP contribution is -2.45. The first-order chi connectivity index (χ1) is 11.4. The molecule has 0 bridgehead atoms. The van der Waals surface area contributed by atoms with E-state index in [9.17, 15) is 4.79 Å². The van der Waals surface area contributed by atoms with Gasteiger partial charge in [-0.1, -0.05) is 37.6 Å². The molecule has 4 nitrogen and oxygen atoms in total. The zero-order valence-electron chi connectivity index (χ0n) is 14.9. The van der Waals surface area contributed by atoms with Crippen molar-refractivity contribution in [2.45, 2.75) is 59.0 Å². The molecule has 1 aromatic heterocycles. The van der Waals surface area contributed by atoms with Gasteiger partial charge < -0.3 is 5.32 Å². The van der Waals surface area contributed by atoms with E-state index in [-0.39, 0.29) is 11.4 Å². The summed E-state index contributed by atoms with van der Waals surface area (Å²) in [5, 5.41) is 8.35. The van der Waals surface area contributed by atoms with Gasteiger partial charge in [-0.3, -0.25) is 9.48 Å². The lowest BCUT2D eigenvalue weighted by Gasteiger charge is -2.33. The monoisotopic (exact) mass is 347 g/mol. The van der Waals surface area contributed by atoms with Crippen molar-refractivity contribution in [3.8, 4) is 0 Å². The van der Waals surface area contributed by atoms with E-state index < -0.39 is 0 Å². The van der Waals surface area contributed by atoms with Gasteiger partial charge in [0.15, 0.2) is 0 Å². The molecule has 0 aliphatic rings. The van der Waals surface area contributed by atoms with Gasteiger partial charge in [0.25, 0.3) is 0 Å². The lowest BCUT2D eigenvalue weighted by molar-refractivity contribution is -0.123. The molecule has 0 fully saturated rings. The van der Waals surface area contributed by atoms with Gasteiger partial charge in [0.05, 0.1) is 11.2 Å². The molecule has 130 valence electrons. The Morgan fingerprint density at radius 3 is 2.33 bits per heavy atom. The van der Waals surface area contributed by atoms with Gasteiger partial charge in [0.1, 0.15) is 0 Å². The molecular formula is C19H26ClN3O. The Labute approximate surface area is 149 Å². The van der Waals surface area contributed by atoms with E-state index in [1.807, 2.05) is 48.9 Å². The lowest BCUT2D eigenvalue weighted by atomic mass is 9.84. The SMILES string of the molecule is CCC(CC)(NC(=O)CCn1nc(C)cc1C)c1ccc(Cl)cc1. The molecule has 1 amide bonds. The summed E-state index contributed by atoms with van der Waals surface area (Å²) in [6.07, 6.45) is 2.07. The minimum Gasteiger partial charge on any atom is -0.347 e. The topological polar surface area (TPSA) is 46.9 Å². The molecule has 0 aliphatic heterocycles. The molecule has 1 heterocycles. The first kappa shape index (κ1) is 18.5. The maximum Gasteiger partial charge on any atom is 0.222 e. The van der Waals surface area contributed by atoms with Gasteiger partial charge >= 0.3 is 0 Å². The number of aryl methyl sites for hydroxylation is 3. The molecule has 1 aromatic carbocycles. The zero-order valence-corrected chi connectivity index (χ0v) is 15.7. The number of nitrogens with one attached hydrogen (secondary N) is 1. The molecule has 24 heavy (non-hydrogen) atoms. The van der Waals surface area contributed by atoms with Crippen LogP contribution >= 0.6 is 11.6 Å². The highest BCUT2D eigenvalue weighted by molar-refractivity contribution is 6.30. The van der Waals surface area contributed by atoms with Crippen molar-refractivity contribution in [3.05, 3.63) is 52.3 Å². The highest BCUT2D eigenvalue weighted by Crippen LogP contribution is 2.29. The van der Waals surface area contributed by atoms with Crippen molar-refractivity contribution in [2.75, 3.05) is 0 Å². The molecule has 0 spiro atoms. The average Bonchev–Trinajstić information content (AvgIpc) is 2.89. The third-order valence-corrected chi connectivity index (χ3v) is 4.89. The fourth-order valence-electron chi connectivity index (χ4n) is 3.11. The van der Waals surface area contributed by atoms with Crippen molar-refractivity contribution in [2.24, 2.45) is 0 Å². The molecular weight excluding hydrogens is 322 g/mol. The number of nitrogens with zero attached hydrogens (tertiary/aromatic N) is 2. The summed E-state index contributed by atoms with van der Waals surface area (Å²) in [6.45, 7) is 8.76. The predicted octanol–water partition coefficient (Wildman–Crippen LogP) is 4.38. The summed E-state index contributed by atoms with van der Waals surface area (Å²) >= 11 is 5.99. The van der Waals surface area contributed by atoms with E-state index in [2.05, 4.69) is 24.3 Å². The summed E-state index contributed by atoms with van der Waals surface area (Å²) < 4.78 is 1.89. The van der Waals surface area contributed by atoms with Crippen LogP contribution in [0.2, 0.25) is 5.02 Å². The van der Waals surface area contributed by atoms with Gasteiger partial charge in [0, 0.05) is 23.7 Å². The first-order valence-electron chi connectivity index (χ1n) is 8.48. The Bertz CT molecular complexity index is 687. The molecule has 0 radical (unpaired) electrons.